The van der Waals surface area contributed by atoms with Crippen LogP contribution in [-0.2, 0) is 4.74 Å². The second kappa shape index (κ2) is 7.24. The van der Waals surface area contributed by atoms with Crippen molar-refractivity contribution in [2.24, 2.45) is 5.92 Å². The molecule has 0 saturated carbocycles. The zero-order chi connectivity index (χ0) is 11.1. The second-order valence-corrected chi connectivity index (χ2v) is 4.62. The lowest BCUT2D eigenvalue weighted by Crippen LogP contribution is -2.40. The number of ether oxygens (including phenoxy) is 1. The van der Waals surface area contributed by atoms with Crippen LogP contribution < -0.4 is 5.32 Å². The van der Waals surface area contributed by atoms with E-state index in [0.717, 1.165) is 19.1 Å². The molecule has 0 radical (unpaired) electrons. The SMILES string of the molecule is CCCNC(CCC)C1CCOC1CC. The Morgan fingerprint density at radius 2 is 2.07 bits per heavy atom. The molecule has 2 nitrogen and oxygen atoms in total. The molecule has 0 aromatic carbocycles. The second-order valence-electron chi connectivity index (χ2n) is 4.62. The number of rotatable bonds is 7. The van der Waals surface area contributed by atoms with E-state index in [2.05, 4.69) is 26.1 Å². The minimum absolute atomic E-state index is 0.505. The van der Waals surface area contributed by atoms with Crippen molar-refractivity contribution < 1.29 is 4.74 Å². The summed E-state index contributed by atoms with van der Waals surface area (Å²) >= 11 is 0. The van der Waals surface area contributed by atoms with Gasteiger partial charge in [0.1, 0.15) is 0 Å². The van der Waals surface area contributed by atoms with Gasteiger partial charge in [-0.15, -0.1) is 0 Å². The Kier molecular flexibility index (Phi) is 6.26. The Bertz CT molecular complexity index is 161. The molecule has 1 N–H and O–H groups in total. The quantitative estimate of drug-likeness (QED) is 0.702. The van der Waals surface area contributed by atoms with Crippen molar-refractivity contribution in [3.05, 3.63) is 0 Å². The van der Waals surface area contributed by atoms with Crippen LogP contribution in [0.25, 0.3) is 0 Å². The summed E-state index contributed by atoms with van der Waals surface area (Å²) in [5.74, 6) is 0.751. The van der Waals surface area contributed by atoms with Crippen molar-refractivity contribution in [1.82, 2.24) is 5.32 Å². The molecule has 0 spiro atoms. The minimum atomic E-state index is 0.505. The van der Waals surface area contributed by atoms with Crippen LogP contribution >= 0.6 is 0 Å². The molecule has 3 atom stereocenters. The van der Waals surface area contributed by atoms with Gasteiger partial charge in [-0.25, -0.2) is 0 Å². The van der Waals surface area contributed by atoms with Crippen LogP contribution in [0, 0.1) is 5.92 Å². The molecular formula is C13H27NO. The Morgan fingerprint density at radius 1 is 1.27 bits per heavy atom. The lowest BCUT2D eigenvalue weighted by atomic mass is 9.88. The summed E-state index contributed by atoms with van der Waals surface area (Å²) < 4.78 is 5.78. The van der Waals surface area contributed by atoms with Gasteiger partial charge in [-0.05, 0) is 32.2 Å². The van der Waals surface area contributed by atoms with E-state index < -0.39 is 0 Å². The Balaban J connectivity index is 2.45. The van der Waals surface area contributed by atoms with Crippen molar-refractivity contribution in [2.75, 3.05) is 13.2 Å². The van der Waals surface area contributed by atoms with Gasteiger partial charge in [0, 0.05) is 18.6 Å². The fourth-order valence-electron chi connectivity index (χ4n) is 2.65. The highest BCUT2D eigenvalue weighted by Crippen LogP contribution is 2.28. The zero-order valence-electron chi connectivity index (χ0n) is 10.6. The van der Waals surface area contributed by atoms with Crippen molar-refractivity contribution in [3.8, 4) is 0 Å². The molecule has 0 aromatic heterocycles. The van der Waals surface area contributed by atoms with Crippen LogP contribution in [0.4, 0.5) is 0 Å². The summed E-state index contributed by atoms with van der Waals surface area (Å²) in [6.07, 6.45) is 6.72. The van der Waals surface area contributed by atoms with E-state index in [1.807, 2.05) is 0 Å². The largest absolute Gasteiger partial charge is 0.378 e. The maximum absolute atomic E-state index is 5.78. The van der Waals surface area contributed by atoms with Crippen LogP contribution in [0.1, 0.15) is 52.9 Å². The Morgan fingerprint density at radius 3 is 2.67 bits per heavy atom. The lowest BCUT2D eigenvalue weighted by molar-refractivity contribution is 0.0763. The van der Waals surface area contributed by atoms with Gasteiger partial charge >= 0.3 is 0 Å². The molecule has 3 unspecified atom stereocenters. The maximum atomic E-state index is 5.78. The fraction of sp³-hybridized carbons (Fsp3) is 1.00. The molecule has 15 heavy (non-hydrogen) atoms. The third kappa shape index (κ3) is 3.76. The molecule has 1 rings (SSSR count). The monoisotopic (exact) mass is 213 g/mol. The molecule has 1 fully saturated rings. The number of hydrogen-bond donors (Lipinski definition) is 1. The standard InChI is InChI=1S/C13H27NO/c1-4-7-12(14-9-5-2)11-8-10-15-13(11)6-3/h11-14H,4-10H2,1-3H3. The lowest BCUT2D eigenvalue weighted by Gasteiger charge is -2.27. The first-order valence-electron chi connectivity index (χ1n) is 6.68. The first-order valence-corrected chi connectivity index (χ1v) is 6.68. The van der Waals surface area contributed by atoms with Crippen LogP contribution in [0.15, 0.2) is 0 Å². The summed E-state index contributed by atoms with van der Waals surface area (Å²) in [5.41, 5.74) is 0. The van der Waals surface area contributed by atoms with Crippen molar-refractivity contribution in [2.45, 2.75) is 65.0 Å². The van der Waals surface area contributed by atoms with Gasteiger partial charge < -0.3 is 10.1 Å². The molecule has 2 heteroatoms. The van der Waals surface area contributed by atoms with Gasteiger partial charge in [0.25, 0.3) is 0 Å². The first kappa shape index (κ1) is 13.0. The van der Waals surface area contributed by atoms with Gasteiger partial charge in [-0.3, -0.25) is 0 Å². The average Bonchev–Trinajstić information content (AvgIpc) is 2.72. The summed E-state index contributed by atoms with van der Waals surface area (Å²) in [4.78, 5) is 0. The third-order valence-corrected chi connectivity index (χ3v) is 3.44. The van der Waals surface area contributed by atoms with E-state index in [4.69, 9.17) is 4.74 Å². The summed E-state index contributed by atoms with van der Waals surface area (Å²) in [6, 6.07) is 0.683. The molecule has 0 bridgehead atoms. The molecule has 0 amide bonds. The van der Waals surface area contributed by atoms with Crippen LogP contribution in [0.5, 0.6) is 0 Å². The van der Waals surface area contributed by atoms with Gasteiger partial charge in [-0.2, -0.15) is 0 Å². The van der Waals surface area contributed by atoms with Gasteiger partial charge in [0.15, 0.2) is 0 Å². The van der Waals surface area contributed by atoms with Gasteiger partial charge in [0.2, 0.25) is 0 Å². The summed E-state index contributed by atoms with van der Waals surface area (Å²) in [7, 11) is 0. The molecule has 1 saturated heterocycles. The molecule has 1 aliphatic heterocycles. The van der Waals surface area contributed by atoms with Crippen molar-refractivity contribution in [3.63, 3.8) is 0 Å². The van der Waals surface area contributed by atoms with E-state index in [1.54, 1.807) is 0 Å². The molecule has 90 valence electrons. The predicted molar refractivity (Wildman–Crippen MR) is 65.1 cm³/mol. The summed E-state index contributed by atoms with van der Waals surface area (Å²) in [6.45, 7) is 8.87. The van der Waals surface area contributed by atoms with Crippen molar-refractivity contribution >= 4 is 0 Å². The molecule has 1 heterocycles. The molecule has 0 aromatic rings. The van der Waals surface area contributed by atoms with E-state index in [9.17, 15) is 0 Å². The topological polar surface area (TPSA) is 21.3 Å². The van der Waals surface area contributed by atoms with E-state index >= 15 is 0 Å². The highest BCUT2D eigenvalue weighted by atomic mass is 16.5. The summed E-state index contributed by atoms with van der Waals surface area (Å²) in [5, 5.41) is 3.70. The Labute approximate surface area is 94.8 Å². The maximum Gasteiger partial charge on any atom is 0.0616 e. The highest BCUT2D eigenvalue weighted by molar-refractivity contribution is 4.85. The van der Waals surface area contributed by atoms with Crippen LogP contribution in [-0.4, -0.2) is 25.3 Å². The van der Waals surface area contributed by atoms with E-state index in [1.165, 1.54) is 32.1 Å². The van der Waals surface area contributed by atoms with Gasteiger partial charge in [0.05, 0.1) is 6.10 Å². The third-order valence-electron chi connectivity index (χ3n) is 3.44. The fourth-order valence-corrected chi connectivity index (χ4v) is 2.65. The zero-order valence-corrected chi connectivity index (χ0v) is 10.6. The number of nitrogens with one attached hydrogen (secondary N) is 1. The molecule has 0 aliphatic carbocycles. The highest BCUT2D eigenvalue weighted by Gasteiger charge is 2.32. The van der Waals surface area contributed by atoms with E-state index in [0.29, 0.717) is 12.1 Å². The Hall–Kier alpha value is -0.0800. The first-order chi connectivity index (χ1) is 7.33. The van der Waals surface area contributed by atoms with Crippen molar-refractivity contribution in [1.29, 1.82) is 0 Å². The average molecular weight is 213 g/mol. The normalized spacial score (nSPS) is 28.2. The van der Waals surface area contributed by atoms with E-state index in [-0.39, 0.29) is 0 Å². The number of hydrogen-bond acceptors (Lipinski definition) is 2. The molecule has 1 aliphatic rings. The minimum Gasteiger partial charge on any atom is -0.378 e. The van der Waals surface area contributed by atoms with Crippen LogP contribution in [0.2, 0.25) is 0 Å². The predicted octanol–water partition coefficient (Wildman–Crippen LogP) is 2.97. The van der Waals surface area contributed by atoms with Crippen LogP contribution in [0.3, 0.4) is 0 Å². The molecular weight excluding hydrogens is 186 g/mol. The smallest absolute Gasteiger partial charge is 0.0616 e. The van der Waals surface area contributed by atoms with Gasteiger partial charge in [-0.1, -0.05) is 27.2 Å².